The number of halogens is 2. The fourth-order valence-electron chi connectivity index (χ4n) is 3.94. The van der Waals surface area contributed by atoms with Crippen molar-refractivity contribution in [2.24, 2.45) is 0 Å². The maximum Gasteiger partial charge on any atom is 0.267 e. The first kappa shape index (κ1) is 22.3. The third-order valence-electron chi connectivity index (χ3n) is 5.79. The van der Waals surface area contributed by atoms with Gasteiger partial charge in [0.25, 0.3) is 5.91 Å². The van der Waals surface area contributed by atoms with Crippen molar-refractivity contribution >= 4 is 16.8 Å². The monoisotopic (exact) mass is 439 g/mol. The van der Waals surface area contributed by atoms with Gasteiger partial charge in [-0.15, -0.1) is 0 Å². The molecule has 1 fully saturated rings. The lowest BCUT2D eigenvalue weighted by atomic mass is 9.94. The van der Waals surface area contributed by atoms with Gasteiger partial charge in [0.1, 0.15) is 0 Å². The van der Waals surface area contributed by atoms with E-state index in [9.17, 15) is 18.7 Å². The summed E-state index contributed by atoms with van der Waals surface area (Å²) in [5.74, 6) is -3.09. The smallest absolute Gasteiger partial charge is 0.267 e. The van der Waals surface area contributed by atoms with E-state index in [1.807, 2.05) is 48.5 Å². The Morgan fingerprint density at radius 3 is 2.66 bits per heavy atom. The molecule has 2 aromatic carbocycles. The average molecular weight is 440 g/mol. The topological polar surface area (TPSA) is 65.5 Å². The van der Waals surface area contributed by atoms with E-state index in [0.29, 0.717) is 35.3 Å². The van der Waals surface area contributed by atoms with Crippen molar-refractivity contribution in [2.75, 3.05) is 13.1 Å². The number of nitrogens with one attached hydrogen (secondary N) is 1. The van der Waals surface area contributed by atoms with Crippen molar-refractivity contribution in [3.8, 4) is 11.3 Å². The number of hydrogen-bond donors (Lipinski definition) is 2. The summed E-state index contributed by atoms with van der Waals surface area (Å²) in [6.07, 6.45) is -0.153. The maximum absolute atomic E-state index is 13.7. The predicted octanol–water partition coefficient (Wildman–Crippen LogP) is 4.90. The summed E-state index contributed by atoms with van der Waals surface area (Å²) in [6, 6.07) is 16.6. The summed E-state index contributed by atoms with van der Waals surface area (Å²) < 4.78 is 27.4. The molecule has 5 nitrogen and oxygen atoms in total. The Morgan fingerprint density at radius 2 is 1.88 bits per heavy atom. The molecule has 1 aromatic heterocycles. The summed E-state index contributed by atoms with van der Waals surface area (Å²) in [5.41, 5.74) is 4.72. The number of aliphatic hydroxyl groups is 1. The number of alkyl halides is 2. The van der Waals surface area contributed by atoms with E-state index in [2.05, 4.69) is 5.43 Å². The molecule has 0 saturated carbocycles. The Labute approximate surface area is 186 Å². The van der Waals surface area contributed by atoms with Crippen molar-refractivity contribution < 1.29 is 18.7 Å². The third kappa shape index (κ3) is 4.95. The number of para-hydroxylation sites is 1. The zero-order valence-electron chi connectivity index (χ0n) is 18.2. The number of aromatic nitrogens is 1. The second-order valence-electron chi connectivity index (χ2n) is 8.85. The quantitative estimate of drug-likeness (QED) is 0.607. The second kappa shape index (κ2) is 8.56. The summed E-state index contributed by atoms with van der Waals surface area (Å²) in [4.78, 5) is 18.0. The van der Waals surface area contributed by atoms with Crippen LogP contribution in [0.3, 0.4) is 0 Å². The van der Waals surface area contributed by atoms with Gasteiger partial charge in [-0.05, 0) is 44.0 Å². The van der Waals surface area contributed by atoms with Crippen LogP contribution in [0.4, 0.5) is 8.78 Å². The largest absolute Gasteiger partial charge is 0.386 e. The summed E-state index contributed by atoms with van der Waals surface area (Å²) in [5, 5.41) is 12.8. The van der Waals surface area contributed by atoms with Crippen LogP contribution in [0.1, 0.15) is 49.0 Å². The minimum Gasteiger partial charge on any atom is -0.386 e. The Balaban J connectivity index is 1.73. The summed E-state index contributed by atoms with van der Waals surface area (Å²) in [6.45, 7) is 3.85. The number of fused-ring (bicyclic) bond motifs is 1. The van der Waals surface area contributed by atoms with Crippen molar-refractivity contribution in [3.63, 3.8) is 0 Å². The maximum atomic E-state index is 13.7. The highest BCUT2D eigenvalue weighted by Gasteiger charge is 2.32. The van der Waals surface area contributed by atoms with Gasteiger partial charge in [-0.2, -0.15) is 0 Å². The molecule has 0 unspecified atom stereocenters. The number of rotatable bonds is 4. The van der Waals surface area contributed by atoms with Crippen LogP contribution in [0, 0.1) is 0 Å². The second-order valence-corrected chi connectivity index (χ2v) is 8.85. The van der Waals surface area contributed by atoms with Crippen molar-refractivity contribution in [1.82, 2.24) is 15.4 Å². The van der Waals surface area contributed by atoms with Crippen LogP contribution >= 0.6 is 0 Å². The van der Waals surface area contributed by atoms with E-state index in [-0.39, 0.29) is 19.4 Å². The highest BCUT2D eigenvalue weighted by Crippen LogP contribution is 2.30. The molecular weight excluding hydrogens is 412 g/mol. The fourth-order valence-corrected chi connectivity index (χ4v) is 3.94. The number of carbonyl (C=O) groups excluding carboxylic acids is 1. The molecule has 0 spiro atoms. The molecule has 7 heteroatoms. The zero-order chi connectivity index (χ0) is 22.9. The minimum absolute atomic E-state index is 0.0866. The molecule has 4 rings (SSSR count). The van der Waals surface area contributed by atoms with E-state index in [1.54, 1.807) is 24.9 Å². The van der Waals surface area contributed by atoms with Gasteiger partial charge >= 0.3 is 0 Å². The lowest BCUT2D eigenvalue weighted by molar-refractivity contribution is -0.0143. The number of carbonyl (C=O) groups is 1. The average Bonchev–Trinajstić information content (AvgIpc) is 2.92. The molecule has 2 heterocycles. The first-order chi connectivity index (χ1) is 15.1. The number of hydrogen-bond acceptors (Lipinski definition) is 4. The van der Waals surface area contributed by atoms with Gasteiger partial charge in [0.15, 0.2) is 0 Å². The van der Waals surface area contributed by atoms with E-state index in [0.717, 1.165) is 10.9 Å². The van der Waals surface area contributed by atoms with E-state index in [4.69, 9.17) is 4.98 Å². The van der Waals surface area contributed by atoms with Gasteiger partial charge in [-0.25, -0.2) is 18.8 Å². The molecule has 0 atom stereocenters. The minimum atomic E-state index is -2.70. The van der Waals surface area contributed by atoms with Gasteiger partial charge in [0, 0.05) is 36.9 Å². The molecule has 1 aliphatic rings. The normalized spacial score (nSPS) is 17.2. The van der Waals surface area contributed by atoms with Crippen LogP contribution < -0.4 is 5.43 Å². The van der Waals surface area contributed by atoms with Crippen LogP contribution in [0.25, 0.3) is 22.2 Å². The predicted molar refractivity (Wildman–Crippen MR) is 120 cm³/mol. The Hall–Kier alpha value is -2.90. The molecule has 1 amide bonds. The Kier molecular flexibility index (Phi) is 5.97. The van der Waals surface area contributed by atoms with Crippen molar-refractivity contribution in [1.29, 1.82) is 0 Å². The number of pyridine rings is 1. The first-order valence-corrected chi connectivity index (χ1v) is 10.8. The van der Waals surface area contributed by atoms with Crippen LogP contribution in [0.2, 0.25) is 0 Å². The molecule has 1 aliphatic heterocycles. The number of amides is 1. The molecule has 1 saturated heterocycles. The molecule has 3 aromatic rings. The molecule has 0 aliphatic carbocycles. The zero-order valence-corrected chi connectivity index (χ0v) is 18.2. The number of hydrazine groups is 1. The van der Waals surface area contributed by atoms with E-state index >= 15 is 0 Å². The molecule has 32 heavy (non-hydrogen) atoms. The van der Waals surface area contributed by atoms with Gasteiger partial charge in [0.2, 0.25) is 5.92 Å². The first-order valence-electron chi connectivity index (χ1n) is 10.8. The molecular formula is C25H27F2N3O2. The molecule has 168 valence electrons. The molecule has 2 N–H and O–H groups in total. The molecule has 0 bridgehead atoms. The van der Waals surface area contributed by atoms with Gasteiger partial charge < -0.3 is 5.11 Å². The van der Waals surface area contributed by atoms with Crippen LogP contribution in [0.15, 0.2) is 54.6 Å². The standard InChI is InChI=1S/C25H27F2N3O2/c1-24(2,32)19-9-5-8-18(15-19)22-20(16-17-7-3-4-10-21(17)28-22)23(31)29-30-13-6-11-25(26,27)12-14-30/h3-5,7-10,15-16,32H,6,11-14H2,1-2H3,(H,29,31). The summed E-state index contributed by atoms with van der Waals surface area (Å²) >= 11 is 0. The lowest BCUT2D eigenvalue weighted by Gasteiger charge is -2.22. The van der Waals surface area contributed by atoms with Gasteiger partial charge in [-0.3, -0.25) is 10.2 Å². The highest BCUT2D eigenvalue weighted by molar-refractivity contribution is 6.03. The van der Waals surface area contributed by atoms with Crippen LogP contribution in [0.5, 0.6) is 0 Å². The van der Waals surface area contributed by atoms with Gasteiger partial charge in [-0.1, -0.05) is 36.4 Å². The Morgan fingerprint density at radius 1 is 1.09 bits per heavy atom. The van der Waals surface area contributed by atoms with Crippen molar-refractivity contribution in [2.45, 2.75) is 44.6 Å². The van der Waals surface area contributed by atoms with Crippen molar-refractivity contribution in [3.05, 3.63) is 65.7 Å². The number of benzene rings is 2. The van der Waals surface area contributed by atoms with Crippen LogP contribution in [-0.4, -0.2) is 40.0 Å². The SMILES string of the molecule is CC(C)(O)c1cccc(-c2nc3ccccc3cc2C(=O)NN2CCCC(F)(F)CC2)c1. The number of nitrogens with zero attached hydrogens (tertiary/aromatic N) is 2. The molecule has 0 radical (unpaired) electrons. The highest BCUT2D eigenvalue weighted by atomic mass is 19.3. The third-order valence-corrected chi connectivity index (χ3v) is 5.79. The van der Waals surface area contributed by atoms with E-state index in [1.165, 1.54) is 0 Å². The Bertz CT molecular complexity index is 1140. The fraction of sp³-hybridized carbons (Fsp3) is 0.360. The summed E-state index contributed by atoms with van der Waals surface area (Å²) in [7, 11) is 0. The van der Waals surface area contributed by atoms with E-state index < -0.39 is 17.4 Å². The van der Waals surface area contributed by atoms with Gasteiger partial charge in [0.05, 0.1) is 22.4 Å². The lowest BCUT2D eigenvalue weighted by Crippen LogP contribution is -2.43. The van der Waals surface area contributed by atoms with Crippen LogP contribution in [-0.2, 0) is 5.60 Å².